The largest absolute Gasteiger partial charge is 0.479 e. The number of rotatable bonds is 5. The minimum atomic E-state index is -0.386. The number of aryl methyl sites for hydroxylation is 1. The monoisotopic (exact) mass is 377 g/mol. The smallest absolute Gasteiger partial charge is 0.266 e. The van der Waals surface area contributed by atoms with Crippen molar-refractivity contribution in [2.45, 2.75) is 6.92 Å². The van der Waals surface area contributed by atoms with Gasteiger partial charge in [0.2, 0.25) is 12.3 Å². The molecule has 4 aromatic rings. The van der Waals surface area contributed by atoms with E-state index < -0.39 is 0 Å². The van der Waals surface area contributed by atoms with E-state index in [2.05, 4.69) is 25.7 Å². The number of nitrogens with zero attached hydrogens (tertiary/aromatic N) is 4. The molecular formula is C19H15N5O4. The number of ether oxygens (including phenoxy) is 1. The third-order valence-electron chi connectivity index (χ3n) is 4.02. The molecule has 9 heteroatoms. The zero-order valence-electron chi connectivity index (χ0n) is 15.0. The topological polar surface area (TPSA) is 116 Å². The van der Waals surface area contributed by atoms with Gasteiger partial charge in [0.15, 0.2) is 0 Å². The lowest BCUT2D eigenvalue weighted by molar-refractivity contribution is 0.102. The molecular weight excluding hydrogens is 362 g/mol. The van der Waals surface area contributed by atoms with E-state index in [1.54, 1.807) is 19.1 Å². The molecule has 1 N–H and O–H groups in total. The Hall–Kier alpha value is -4.01. The molecule has 0 spiro atoms. The average molecular weight is 377 g/mol. The Morgan fingerprint density at radius 1 is 1.14 bits per heavy atom. The van der Waals surface area contributed by atoms with E-state index in [9.17, 15) is 4.79 Å². The van der Waals surface area contributed by atoms with Gasteiger partial charge in [0.1, 0.15) is 28.4 Å². The average Bonchev–Trinajstić information content (AvgIpc) is 3.39. The molecule has 9 nitrogen and oxygen atoms in total. The standard InChI is InChI=1S/C19H15N5O4/c1-11-15(16(24-28-11)12-6-4-3-5-7-12)17(25)21-13-8-9-14(22-18(13)26-2)19-23-20-10-27-19/h3-10H,1-2H3,(H,21,25). The molecule has 0 unspecified atom stereocenters. The summed E-state index contributed by atoms with van der Waals surface area (Å²) >= 11 is 0. The Kier molecular flexibility index (Phi) is 4.55. The molecule has 3 heterocycles. The van der Waals surface area contributed by atoms with Crippen LogP contribution in [0.25, 0.3) is 22.8 Å². The normalized spacial score (nSPS) is 10.6. The van der Waals surface area contributed by atoms with Crippen LogP contribution in [0.5, 0.6) is 5.88 Å². The highest BCUT2D eigenvalue weighted by Gasteiger charge is 2.23. The van der Waals surface area contributed by atoms with Crippen molar-refractivity contribution < 1.29 is 18.5 Å². The maximum Gasteiger partial charge on any atom is 0.266 e. The number of carbonyl (C=O) groups excluding carboxylic acids is 1. The molecule has 0 saturated carbocycles. The molecule has 4 rings (SSSR count). The van der Waals surface area contributed by atoms with E-state index in [4.69, 9.17) is 13.7 Å². The summed E-state index contributed by atoms with van der Waals surface area (Å²) in [7, 11) is 1.45. The van der Waals surface area contributed by atoms with Crippen LogP contribution >= 0.6 is 0 Å². The van der Waals surface area contributed by atoms with Gasteiger partial charge in [-0.05, 0) is 19.1 Å². The maximum atomic E-state index is 12.9. The van der Waals surface area contributed by atoms with Crippen LogP contribution in [-0.2, 0) is 0 Å². The van der Waals surface area contributed by atoms with Crippen molar-refractivity contribution >= 4 is 11.6 Å². The minimum absolute atomic E-state index is 0.208. The molecule has 0 aliphatic heterocycles. The Labute approximate surface area is 159 Å². The summed E-state index contributed by atoms with van der Waals surface area (Å²) in [6.07, 6.45) is 1.21. The first-order valence-corrected chi connectivity index (χ1v) is 8.32. The summed E-state index contributed by atoms with van der Waals surface area (Å²) in [6, 6.07) is 12.6. The van der Waals surface area contributed by atoms with Gasteiger partial charge in [0, 0.05) is 5.56 Å². The molecule has 1 amide bonds. The summed E-state index contributed by atoms with van der Waals surface area (Å²) in [5.41, 5.74) is 2.40. The first kappa shape index (κ1) is 17.4. The molecule has 1 aromatic carbocycles. The Bertz CT molecular complexity index is 1110. The minimum Gasteiger partial charge on any atom is -0.479 e. The molecule has 140 valence electrons. The number of hydrogen-bond donors (Lipinski definition) is 1. The van der Waals surface area contributed by atoms with Gasteiger partial charge < -0.3 is 19.0 Å². The van der Waals surface area contributed by atoms with E-state index >= 15 is 0 Å². The van der Waals surface area contributed by atoms with E-state index in [0.717, 1.165) is 5.56 Å². The first-order valence-electron chi connectivity index (χ1n) is 8.32. The quantitative estimate of drug-likeness (QED) is 0.563. The van der Waals surface area contributed by atoms with Gasteiger partial charge in [-0.2, -0.15) is 0 Å². The van der Waals surface area contributed by atoms with Crippen LogP contribution in [0.3, 0.4) is 0 Å². The number of aromatic nitrogens is 4. The fourth-order valence-electron chi connectivity index (χ4n) is 2.71. The summed E-state index contributed by atoms with van der Waals surface area (Å²) in [5.74, 6) is 0.478. The molecule has 0 bridgehead atoms. The van der Waals surface area contributed by atoms with Crippen molar-refractivity contribution in [3.63, 3.8) is 0 Å². The van der Waals surface area contributed by atoms with Crippen molar-refractivity contribution in [2.24, 2.45) is 0 Å². The Balaban J connectivity index is 1.65. The second kappa shape index (κ2) is 7.31. The lowest BCUT2D eigenvalue weighted by Crippen LogP contribution is -2.14. The van der Waals surface area contributed by atoms with Gasteiger partial charge in [0.05, 0.1) is 7.11 Å². The molecule has 0 radical (unpaired) electrons. The van der Waals surface area contributed by atoms with Gasteiger partial charge in [-0.3, -0.25) is 4.79 Å². The second-order valence-corrected chi connectivity index (χ2v) is 5.78. The predicted octanol–water partition coefficient (Wildman–Crippen LogP) is 3.36. The summed E-state index contributed by atoms with van der Waals surface area (Å²) in [6.45, 7) is 1.68. The van der Waals surface area contributed by atoms with Crippen LogP contribution in [0.2, 0.25) is 0 Å². The number of carbonyl (C=O) groups is 1. The third-order valence-corrected chi connectivity index (χ3v) is 4.02. The van der Waals surface area contributed by atoms with Crippen LogP contribution in [-0.4, -0.2) is 33.4 Å². The molecule has 0 saturated heterocycles. The molecule has 0 aliphatic carbocycles. The number of hydrogen-bond acceptors (Lipinski definition) is 8. The van der Waals surface area contributed by atoms with Gasteiger partial charge in [0.25, 0.3) is 11.8 Å². The SMILES string of the molecule is COc1nc(-c2nnco2)ccc1NC(=O)c1c(-c2ccccc2)noc1C. The van der Waals surface area contributed by atoms with E-state index in [1.165, 1.54) is 13.5 Å². The van der Waals surface area contributed by atoms with E-state index in [0.29, 0.717) is 28.4 Å². The fourth-order valence-corrected chi connectivity index (χ4v) is 2.71. The molecule has 0 fully saturated rings. The van der Waals surface area contributed by atoms with Crippen LogP contribution < -0.4 is 10.1 Å². The van der Waals surface area contributed by atoms with Gasteiger partial charge in [-0.15, -0.1) is 10.2 Å². The molecule has 28 heavy (non-hydrogen) atoms. The van der Waals surface area contributed by atoms with Crippen molar-refractivity contribution in [3.05, 3.63) is 60.2 Å². The fraction of sp³-hybridized carbons (Fsp3) is 0.105. The highest BCUT2D eigenvalue weighted by Crippen LogP contribution is 2.29. The number of nitrogens with one attached hydrogen (secondary N) is 1. The maximum absolute atomic E-state index is 12.9. The van der Waals surface area contributed by atoms with Gasteiger partial charge in [-0.1, -0.05) is 35.5 Å². The van der Waals surface area contributed by atoms with Crippen LogP contribution in [0.4, 0.5) is 5.69 Å². The Morgan fingerprint density at radius 2 is 1.96 bits per heavy atom. The molecule has 3 aromatic heterocycles. The van der Waals surface area contributed by atoms with Crippen molar-refractivity contribution in [1.82, 2.24) is 20.3 Å². The number of anilines is 1. The number of pyridine rings is 1. The van der Waals surface area contributed by atoms with Crippen molar-refractivity contribution in [2.75, 3.05) is 12.4 Å². The lowest BCUT2D eigenvalue weighted by Gasteiger charge is -2.10. The molecule has 0 atom stereocenters. The third kappa shape index (κ3) is 3.20. The molecule has 0 aliphatic rings. The number of methoxy groups -OCH3 is 1. The van der Waals surface area contributed by atoms with Gasteiger partial charge in [-0.25, -0.2) is 4.98 Å². The lowest BCUT2D eigenvalue weighted by atomic mass is 10.1. The summed E-state index contributed by atoms with van der Waals surface area (Å²) in [4.78, 5) is 17.2. The zero-order chi connectivity index (χ0) is 19.5. The van der Waals surface area contributed by atoms with Crippen LogP contribution in [0.1, 0.15) is 16.1 Å². The van der Waals surface area contributed by atoms with Gasteiger partial charge >= 0.3 is 0 Å². The summed E-state index contributed by atoms with van der Waals surface area (Å²) in [5, 5.41) is 14.3. The zero-order valence-corrected chi connectivity index (χ0v) is 15.0. The predicted molar refractivity (Wildman–Crippen MR) is 98.7 cm³/mol. The Morgan fingerprint density at radius 3 is 2.68 bits per heavy atom. The van der Waals surface area contributed by atoms with Crippen molar-refractivity contribution in [1.29, 1.82) is 0 Å². The van der Waals surface area contributed by atoms with Crippen LogP contribution in [0.15, 0.2) is 57.8 Å². The van der Waals surface area contributed by atoms with Crippen LogP contribution in [0, 0.1) is 6.92 Å². The highest BCUT2D eigenvalue weighted by atomic mass is 16.5. The van der Waals surface area contributed by atoms with Crippen molar-refractivity contribution in [3.8, 4) is 28.7 Å². The number of amides is 1. The first-order chi connectivity index (χ1) is 13.7. The van der Waals surface area contributed by atoms with E-state index in [1.807, 2.05) is 30.3 Å². The number of benzene rings is 1. The van der Waals surface area contributed by atoms with E-state index in [-0.39, 0.29) is 17.7 Å². The highest BCUT2D eigenvalue weighted by molar-refractivity contribution is 6.09. The second-order valence-electron chi connectivity index (χ2n) is 5.78. The summed E-state index contributed by atoms with van der Waals surface area (Å²) < 4.78 is 15.7.